The minimum atomic E-state index is 0.763. The second-order valence-corrected chi connectivity index (χ2v) is 2.67. The SMILES string of the molecule is C=NC1=C(NCNC)C=CCC1. The fraction of sp³-hybridized carbons (Fsp3) is 0.444. The predicted octanol–water partition coefficient (Wildman–Crippen LogP) is 1.02. The van der Waals surface area contributed by atoms with Gasteiger partial charge in [-0.25, -0.2) is 0 Å². The van der Waals surface area contributed by atoms with Crippen molar-refractivity contribution >= 4 is 6.72 Å². The summed E-state index contributed by atoms with van der Waals surface area (Å²) in [5, 5.41) is 6.24. The first kappa shape index (κ1) is 9.00. The second-order valence-electron chi connectivity index (χ2n) is 2.67. The second kappa shape index (κ2) is 4.72. The van der Waals surface area contributed by atoms with Crippen molar-refractivity contribution in [3.63, 3.8) is 0 Å². The Balaban J connectivity index is 2.61. The maximum atomic E-state index is 3.97. The molecule has 0 saturated heterocycles. The molecule has 0 bridgehead atoms. The largest absolute Gasteiger partial charge is 0.371 e. The highest BCUT2D eigenvalue weighted by Gasteiger charge is 2.04. The first-order valence-corrected chi connectivity index (χ1v) is 4.13. The molecule has 0 aromatic heterocycles. The third-order valence-electron chi connectivity index (χ3n) is 1.79. The highest BCUT2D eigenvalue weighted by atomic mass is 15.1. The number of allylic oxidation sites excluding steroid dienone is 3. The molecule has 66 valence electrons. The molecule has 2 N–H and O–H groups in total. The summed E-state index contributed by atoms with van der Waals surface area (Å²) < 4.78 is 0. The van der Waals surface area contributed by atoms with E-state index in [0.29, 0.717) is 0 Å². The van der Waals surface area contributed by atoms with E-state index < -0.39 is 0 Å². The first-order chi connectivity index (χ1) is 5.88. The van der Waals surface area contributed by atoms with Crippen LogP contribution in [0.1, 0.15) is 12.8 Å². The van der Waals surface area contributed by atoms with Gasteiger partial charge in [-0.3, -0.25) is 4.99 Å². The molecule has 0 fully saturated rings. The van der Waals surface area contributed by atoms with E-state index in [-0.39, 0.29) is 0 Å². The van der Waals surface area contributed by atoms with Crippen molar-refractivity contribution in [1.29, 1.82) is 0 Å². The van der Waals surface area contributed by atoms with Crippen LogP contribution in [0.15, 0.2) is 28.5 Å². The first-order valence-electron chi connectivity index (χ1n) is 4.13. The van der Waals surface area contributed by atoms with E-state index in [1.807, 2.05) is 7.05 Å². The summed E-state index contributed by atoms with van der Waals surface area (Å²) in [7, 11) is 1.90. The number of aliphatic imine (C=N–C) groups is 1. The number of hydrogen-bond donors (Lipinski definition) is 2. The molecule has 0 unspecified atom stereocenters. The van der Waals surface area contributed by atoms with Gasteiger partial charge in [-0.2, -0.15) is 0 Å². The molecular formula is C9H15N3. The molecule has 0 heterocycles. The molecule has 3 heteroatoms. The minimum Gasteiger partial charge on any atom is -0.371 e. The van der Waals surface area contributed by atoms with Crippen LogP contribution >= 0.6 is 0 Å². The van der Waals surface area contributed by atoms with Gasteiger partial charge in [-0.1, -0.05) is 6.08 Å². The van der Waals surface area contributed by atoms with Crippen molar-refractivity contribution in [2.45, 2.75) is 12.8 Å². The Bertz CT molecular complexity index is 216. The Labute approximate surface area is 73.3 Å². The monoisotopic (exact) mass is 165 g/mol. The zero-order chi connectivity index (χ0) is 8.81. The third kappa shape index (κ3) is 2.20. The van der Waals surface area contributed by atoms with Crippen molar-refractivity contribution in [2.75, 3.05) is 13.7 Å². The van der Waals surface area contributed by atoms with Gasteiger partial charge in [0.25, 0.3) is 0 Å². The van der Waals surface area contributed by atoms with E-state index in [0.717, 1.165) is 30.9 Å². The van der Waals surface area contributed by atoms with Crippen LogP contribution in [0.5, 0.6) is 0 Å². The summed E-state index contributed by atoms with van der Waals surface area (Å²) in [5.41, 5.74) is 2.15. The van der Waals surface area contributed by atoms with Gasteiger partial charge >= 0.3 is 0 Å². The Morgan fingerprint density at radius 2 is 2.50 bits per heavy atom. The molecule has 0 saturated carbocycles. The van der Waals surface area contributed by atoms with Crippen LogP contribution in [0.2, 0.25) is 0 Å². The minimum absolute atomic E-state index is 0.763. The van der Waals surface area contributed by atoms with E-state index in [1.165, 1.54) is 0 Å². The zero-order valence-electron chi connectivity index (χ0n) is 7.43. The molecule has 1 aliphatic rings. The summed E-state index contributed by atoms with van der Waals surface area (Å²) in [6.45, 7) is 4.30. The summed E-state index contributed by atoms with van der Waals surface area (Å²) in [5.74, 6) is 0. The molecule has 0 amide bonds. The molecule has 1 rings (SSSR count). The number of nitrogens with one attached hydrogen (secondary N) is 2. The Morgan fingerprint density at radius 1 is 1.67 bits per heavy atom. The van der Waals surface area contributed by atoms with Crippen LogP contribution in [0.3, 0.4) is 0 Å². The lowest BCUT2D eigenvalue weighted by atomic mass is 10.1. The average Bonchev–Trinajstić information content (AvgIpc) is 2.15. The van der Waals surface area contributed by atoms with Gasteiger partial charge in [-0.15, -0.1) is 0 Å². The summed E-state index contributed by atoms with van der Waals surface area (Å²) in [4.78, 5) is 3.97. The molecule has 0 aromatic carbocycles. The van der Waals surface area contributed by atoms with Crippen LogP contribution in [-0.4, -0.2) is 20.4 Å². The zero-order valence-corrected chi connectivity index (χ0v) is 7.43. The van der Waals surface area contributed by atoms with Crippen molar-refractivity contribution in [2.24, 2.45) is 4.99 Å². The van der Waals surface area contributed by atoms with Crippen molar-refractivity contribution < 1.29 is 0 Å². The fourth-order valence-electron chi connectivity index (χ4n) is 1.16. The van der Waals surface area contributed by atoms with Gasteiger partial charge in [0.05, 0.1) is 18.1 Å². The smallest absolute Gasteiger partial charge is 0.0651 e. The predicted molar refractivity (Wildman–Crippen MR) is 52.0 cm³/mol. The summed E-state index contributed by atoms with van der Waals surface area (Å²) >= 11 is 0. The van der Waals surface area contributed by atoms with Crippen LogP contribution in [0.4, 0.5) is 0 Å². The number of hydrogen-bond acceptors (Lipinski definition) is 3. The lowest BCUT2D eigenvalue weighted by Gasteiger charge is -2.13. The molecule has 12 heavy (non-hydrogen) atoms. The number of nitrogens with zero attached hydrogens (tertiary/aromatic N) is 1. The lowest BCUT2D eigenvalue weighted by Crippen LogP contribution is -2.25. The summed E-state index contributed by atoms with van der Waals surface area (Å²) in [6.07, 6.45) is 6.27. The fourth-order valence-corrected chi connectivity index (χ4v) is 1.16. The molecule has 0 aliphatic heterocycles. The van der Waals surface area contributed by atoms with Crippen molar-refractivity contribution in [1.82, 2.24) is 10.6 Å². The average molecular weight is 165 g/mol. The van der Waals surface area contributed by atoms with Gasteiger partial charge in [0, 0.05) is 0 Å². The highest BCUT2D eigenvalue weighted by molar-refractivity contribution is 5.35. The van der Waals surface area contributed by atoms with Crippen LogP contribution in [0.25, 0.3) is 0 Å². The third-order valence-corrected chi connectivity index (χ3v) is 1.79. The van der Waals surface area contributed by atoms with E-state index >= 15 is 0 Å². The van der Waals surface area contributed by atoms with Gasteiger partial charge in [0.15, 0.2) is 0 Å². The molecule has 3 nitrogen and oxygen atoms in total. The standard InChI is InChI=1S/C9H15N3/c1-10-7-12-9-6-4-3-5-8(9)11-2/h4,6,10,12H,2-3,5,7H2,1H3. The topological polar surface area (TPSA) is 36.4 Å². The normalized spacial score (nSPS) is 16.4. The van der Waals surface area contributed by atoms with Crippen molar-refractivity contribution in [3.8, 4) is 0 Å². The van der Waals surface area contributed by atoms with E-state index in [4.69, 9.17) is 0 Å². The van der Waals surface area contributed by atoms with Crippen LogP contribution in [-0.2, 0) is 0 Å². The Kier molecular flexibility index (Phi) is 3.54. The van der Waals surface area contributed by atoms with E-state index in [9.17, 15) is 0 Å². The van der Waals surface area contributed by atoms with Gasteiger partial charge in [0.2, 0.25) is 0 Å². The molecule has 0 atom stereocenters. The highest BCUT2D eigenvalue weighted by Crippen LogP contribution is 2.16. The lowest BCUT2D eigenvalue weighted by molar-refractivity contribution is 0.701. The molecule has 1 aliphatic carbocycles. The maximum Gasteiger partial charge on any atom is 0.0651 e. The number of rotatable bonds is 4. The van der Waals surface area contributed by atoms with E-state index in [1.54, 1.807) is 0 Å². The molecule has 0 radical (unpaired) electrons. The van der Waals surface area contributed by atoms with Gasteiger partial charge < -0.3 is 10.6 Å². The Morgan fingerprint density at radius 3 is 3.17 bits per heavy atom. The molecule has 0 aromatic rings. The molecule has 0 spiro atoms. The molecular weight excluding hydrogens is 150 g/mol. The summed E-state index contributed by atoms with van der Waals surface area (Å²) in [6, 6.07) is 0. The van der Waals surface area contributed by atoms with Gasteiger partial charge in [-0.05, 0) is 32.7 Å². The van der Waals surface area contributed by atoms with Crippen LogP contribution in [0, 0.1) is 0 Å². The maximum absolute atomic E-state index is 3.97. The van der Waals surface area contributed by atoms with Crippen LogP contribution < -0.4 is 10.6 Å². The Hall–Kier alpha value is -1.09. The van der Waals surface area contributed by atoms with E-state index in [2.05, 4.69) is 34.5 Å². The van der Waals surface area contributed by atoms with Gasteiger partial charge in [0.1, 0.15) is 0 Å². The van der Waals surface area contributed by atoms with Crippen molar-refractivity contribution in [3.05, 3.63) is 23.5 Å². The quantitative estimate of drug-likeness (QED) is 0.482.